The van der Waals surface area contributed by atoms with Gasteiger partial charge in [0.2, 0.25) is 0 Å². The van der Waals surface area contributed by atoms with Gasteiger partial charge in [-0.05, 0) is 12.8 Å². The van der Waals surface area contributed by atoms with Crippen LogP contribution in [0.1, 0.15) is 32.1 Å². The van der Waals surface area contributed by atoms with E-state index in [0.29, 0.717) is 0 Å². The average Bonchev–Trinajstić information content (AvgIpc) is 2.03. The summed E-state index contributed by atoms with van der Waals surface area (Å²) in [6.45, 7) is 0.270. The fraction of sp³-hybridized carbons (Fsp3) is 0.600. The Hall–Kier alpha value is -0.920. The Kier molecular flexibility index (Phi) is 8.32. The molecule has 60 valence electrons. The van der Waals surface area contributed by atoms with E-state index >= 15 is 0 Å². The van der Waals surface area contributed by atoms with Gasteiger partial charge in [-0.2, -0.15) is 0 Å². The molecular formula is C10H14O. The second-order valence-corrected chi connectivity index (χ2v) is 2.24. The van der Waals surface area contributed by atoms with Crippen molar-refractivity contribution in [2.45, 2.75) is 32.1 Å². The largest absolute Gasteiger partial charge is 0.396 e. The predicted octanol–water partition coefficient (Wildman–Crippen LogP) is 1.57. The Morgan fingerprint density at radius 3 is 2.36 bits per heavy atom. The third-order valence-electron chi connectivity index (χ3n) is 1.23. The second-order valence-electron chi connectivity index (χ2n) is 2.24. The fourth-order valence-corrected chi connectivity index (χ4v) is 0.637. The van der Waals surface area contributed by atoms with Gasteiger partial charge in [0, 0.05) is 25.9 Å². The summed E-state index contributed by atoms with van der Waals surface area (Å²) < 4.78 is 0. The molecule has 0 saturated heterocycles. The summed E-state index contributed by atoms with van der Waals surface area (Å²) in [5, 5.41) is 8.43. The van der Waals surface area contributed by atoms with Crippen molar-refractivity contribution in [2.75, 3.05) is 6.61 Å². The molecule has 0 rings (SSSR count). The molecule has 0 unspecified atom stereocenters. The van der Waals surface area contributed by atoms with E-state index in [4.69, 9.17) is 11.5 Å². The Morgan fingerprint density at radius 1 is 1.00 bits per heavy atom. The Labute approximate surface area is 68.8 Å². The minimum absolute atomic E-state index is 0.270. The van der Waals surface area contributed by atoms with Gasteiger partial charge in [0.1, 0.15) is 0 Å². The average molecular weight is 150 g/mol. The first kappa shape index (κ1) is 10.1. The summed E-state index contributed by atoms with van der Waals surface area (Å²) in [7, 11) is 0. The summed E-state index contributed by atoms with van der Waals surface area (Å²) >= 11 is 0. The van der Waals surface area contributed by atoms with Crippen LogP contribution in [0.15, 0.2) is 0 Å². The quantitative estimate of drug-likeness (QED) is 0.476. The first-order chi connectivity index (χ1) is 5.41. The molecule has 0 aliphatic rings. The summed E-state index contributed by atoms with van der Waals surface area (Å²) in [6.07, 6.45) is 9.30. The zero-order valence-corrected chi connectivity index (χ0v) is 6.77. The maximum atomic E-state index is 8.43. The third kappa shape index (κ3) is 9.08. The SMILES string of the molecule is C#CCCC#CCCCCO. The van der Waals surface area contributed by atoms with E-state index in [1.165, 1.54) is 0 Å². The molecule has 0 bridgehead atoms. The second kappa shape index (κ2) is 9.08. The number of rotatable bonds is 4. The molecule has 0 aliphatic carbocycles. The van der Waals surface area contributed by atoms with Gasteiger partial charge in [-0.25, -0.2) is 0 Å². The molecule has 1 nitrogen and oxygen atoms in total. The van der Waals surface area contributed by atoms with E-state index in [1.807, 2.05) is 0 Å². The van der Waals surface area contributed by atoms with Crippen LogP contribution in [0.5, 0.6) is 0 Å². The highest BCUT2D eigenvalue weighted by molar-refractivity contribution is 5.01. The van der Waals surface area contributed by atoms with Crippen molar-refractivity contribution < 1.29 is 5.11 Å². The van der Waals surface area contributed by atoms with Crippen molar-refractivity contribution in [1.29, 1.82) is 0 Å². The van der Waals surface area contributed by atoms with Crippen LogP contribution in [0, 0.1) is 24.2 Å². The number of unbranched alkanes of at least 4 members (excludes halogenated alkanes) is 3. The Balaban J connectivity index is 3.07. The number of hydrogen-bond donors (Lipinski definition) is 1. The normalized spacial score (nSPS) is 8.00. The lowest BCUT2D eigenvalue weighted by atomic mass is 10.2. The number of aliphatic hydroxyl groups excluding tert-OH is 1. The highest BCUT2D eigenvalue weighted by Gasteiger charge is 1.80. The van der Waals surface area contributed by atoms with Gasteiger partial charge in [0.15, 0.2) is 0 Å². The smallest absolute Gasteiger partial charge is 0.0431 e. The maximum Gasteiger partial charge on any atom is 0.0431 e. The van der Waals surface area contributed by atoms with Crippen molar-refractivity contribution in [3.63, 3.8) is 0 Å². The van der Waals surface area contributed by atoms with Crippen molar-refractivity contribution in [3.8, 4) is 24.2 Å². The van der Waals surface area contributed by atoms with Gasteiger partial charge in [-0.1, -0.05) is 0 Å². The first-order valence-corrected chi connectivity index (χ1v) is 3.92. The lowest BCUT2D eigenvalue weighted by Crippen LogP contribution is -1.80. The molecule has 0 amide bonds. The predicted molar refractivity (Wildman–Crippen MR) is 46.8 cm³/mol. The van der Waals surface area contributed by atoms with Crippen LogP contribution in [0.25, 0.3) is 0 Å². The van der Waals surface area contributed by atoms with E-state index < -0.39 is 0 Å². The molecule has 0 fully saturated rings. The Morgan fingerprint density at radius 2 is 1.73 bits per heavy atom. The van der Waals surface area contributed by atoms with E-state index in [1.54, 1.807) is 0 Å². The van der Waals surface area contributed by atoms with Gasteiger partial charge in [0.25, 0.3) is 0 Å². The van der Waals surface area contributed by atoms with Gasteiger partial charge >= 0.3 is 0 Å². The summed E-state index contributed by atoms with van der Waals surface area (Å²) in [5.74, 6) is 8.50. The number of aliphatic hydroxyl groups is 1. The van der Waals surface area contributed by atoms with Crippen LogP contribution < -0.4 is 0 Å². The molecule has 0 radical (unpaired) electrons. The lowest BCUT2D eigenvalue weighted by molar-refractivity contribution is 0.285. The molecule has 0 aromatic carbocycles. The van der Waals surface area contributed by atoms with E-state index in [-0.39, 0.29) is 6.61 Å². The molecule has 0 aromatic heterocycles. The summed E-state index contributed by atoms with van der Waals surface area (Å²) in [5.41, 5.74) is 0. The van der Waals surface area contributed by atoms with Gasteiger partial charge in [0.05, 0.1) is 0 Å². The zero-order chi connectivity index (χ0) is 8.36. The molecule has 1 heteroatoms. The van der Waals surface area contributed by atoms with Crippen molar-refractivity contribution in [3.05, 3.63) is 0 Å². The van der Waals surface area contributed by atoms with E-state index in [2.05, 4.69) is 17.8 Å². The third-order valence-corrected chi connectivity index (χ3v) is 1.23. The molecule has 0 spiro atoms. The highest BCUT2D eigenvalue weighted by atomic mass is 16.2. The van der Waals surface area contributed by atoms with Crippen LogP contribution in [-0.2, 0) is 0 Å². The minimum atomic E-state index is 0.270. The van der Waals surface area contributed by atoms with Crippen molar-refractivity contribution >= 4 is 0 Å². The molecule has 0 atom stereocenters. The first-order valence-electron chi connectivity index (χ1n) is 3.92. The lowest BCUT2D eigenvalue weighted by Gasteiger charge is -1.87. The standard InChI is InChI=1S/C10H14O/c1-2-3-4-5-6-7-8-9-10-11/h1,11H,3-4,7-10H2. The van der Waals surface area contributed by atoms with Gasteiger partial charge in [-0.3, -0.25) is 0 Å². The topological polar surface area (TPSA) is 20.2 Å². The highest BCUT2D eigenvalue weighted by Crippen LogP contribution is 1.92. The van der Waals surface area contributed by atoms with Crippen molar-refractivity contribution in [1.82, 2.24) is 0 Å². The van der Waals surface area contributed by atoms with Crippen molar-refractivity contribution in [2.24, 2.45) is 0 Å². The van der Waals surface area contributed by atoms with Gasteiger partial charge in [-0.15, -0.1) is 24.2 Å². The molecule has 0 aromatic rings. The van der Waals surface area contributed by atoms with Gasteiger partial charge < -0.3 is 5.11 Å². The van der Waals surface area contributed by atoms with Crippen LogP contribution in [0.4, 0.5) is 0 Å². The summed E-state index contributed by atoms with van der Waals surface area (Å²) in [4.78, 5) is 0. The molecule has 0 saturated carbocycles. The van der Waals surface area contributed by atoms with Crippen LogP contribution in [-0.4, -0.2) is 11.7 Å². The molecular weight excluding hydrogens is 136 g/mol. The summed E-state index contributed by atoms with van der Waals surface area (Å²) in [6, 6.07) is 0. The van der Waals surface area contributed by atoms with E-state index in [0.717, 1.165) is 32.1 Å². The zero-order valence-electron chi connectivity index (χ0n) is 6.77. The number of hydrogen-bond acceptors (Lipinski definition) is 1. The van der Waals surface area contributed by atoms with Crippen LogP contribution >= 0.6 is 0 Å². The maximum absolute atomic E-state index is 8.43. The monoisotopic (exact) mass is 150 g/mol. The molecule has 1 N–H and O–H groups in total. The van der Waals surface area contributed by atoms with E-state index in [9.17, 15) is 0 Å². The Bertz CT molecular complexity index is 166. The fourth-order valence-electron chi connectivity index (χ4n) is 0.637. The molecule has 0 heterocycles. The number of terminal acetylenes is 1. The molecule has 0 aliphatic heterocycles. The van der Waals surface area contributed by atoms with Crippen LogP contribution in [0.3, 0.4) is 0 Å². The van der Waals surface area contributed by atoms with Crippen LogP contribution in [0.2, 0.25) is 0 Å². The molecule has 11 heavy (non-hydrogen) atoms. The minimum Gasteiger partial charge on any atom is -0.396 e.